The van der Waals surface area contributed by atoms with Crippen LogP contribution in [-0.4, -0.2) is 42.0 Å². The number of halogens is 1. The standard InChI is InChI=1S/C23H21FN4O/c1-15-10-16(2)21-20(11-15)22(18(13-25)14-26-21)27-6-8-28(9-7-27)23(29)17-4-3-5-19(24)12-17/h3-5,10-12,14H,6-9H2,1-2H3. The number of hydrogen-bond acceptors (Lipinski definition) is 4. The van der Waals surface area contributed by atoms with Crippen LogP contribution in [0.2, 0.25) is 0 Å². The van der Waals surface area contributed by atoms with Gasteiger partial charge in [0, 0.05) is 43.3 Å². The first kappa shape index (κ1) is 18.9. The van der Waals surface area contributed by atoms with Crippen molar-refractivity contribution in [3.05, 3.63) is 70.7 Å². The second-order valence-electron chi connectivity index (χ2n) is 7.40. The van der Waals surface area contributed by atoms with E-state index < -0.39 is 5.82 Å². The maximum atomic E-state index is 13.5. The van der Waals surface area contributed by atoms with Crippen LogP contribution < -0.4 is 4.90 Å². The van der Waals surface area contributed by atoms with Crippen LogP contribution >= 0.6 is 0 Å². The Labute approximate surface area is 169 Å². The quantitative estimate of drug-likeness (QED) is 0.670. The number of fused-ring (bicyclic) bond motifs is 1. The maximum absolute atomic E-state index is 13.5. The molecule has 6 heteroatoms. The lowest BCUT2D eigenvalue weighted by Gasteiger charge is -2.37. The minimum Gasteiger partial charge on any atom is -0.366 e. The summed E-state index contributed by atoms with van der Waals surface area (Å²) in [6.07, 6.45) is 1.63. The highest BCUT2D eigenvalue weighted by Crippen LogP contribution is 2.32. The normalized spacial score (nSPS) is 14.1. The van der Waals surface area contributed by atoms with Crippen molar-refractivity contribution in [2.45, 2.75) is 13.8 Å². The highest BCUT2D eigenvalue weighted by atomic mass is 19.1. The van der Waals surface area contributed by atoms with Crippen molar-refractivity contribution in [2.24, 2.45) is 0 Å². The molecule has 0 radical (unpaired) electrons. The van der Waals surface area contributed by atoms with E-state index in [0.29, 0.717) is 37.3 Å². The monoisotopic (exact) mass is 388 g/mol. The van der Waals surface area contributed by atoms with Crippen molar-refractivity contribution >= 4 is 22.5 Å². The molecular weight excluding hydrogens is 367 g/mol. The minimum absolute atomic E-state index is 0.170. The van der Waals surface area contributed by atoms with E-state index in [1.165, 1.54) is 12.1 Å². The number of anilines is 1. The highest BCUT2D eigenvalue weighted by molar-refractivity contribution is 5.97. The molecule has 1 aliphatic rings. The van der Waals surface area contributed by atoms with Crippen LogP contribution in [0.4, 0.5) is 10.1 Å². The molecule has 1 amide bonds. The van der Waals surface area contributed by atoms with Crippen molar-refractivity contribution in [1.29, 1.82) is 5.26 Å². The zero-order valence-electron chi connectivity index (χ0n) is 16.4. The number of carbonyl (C=O) groups is 1. The number of pyridine rings is 1. The molecule has 4 rings (SSSR count). The minimum atomic E-state index is -0.415. The van der Waals surface area contributed by atoms with Crippen molar-refractivity contribution in [3.8, 4) is 6.07 Å². The summed E-state index contributed by atoms with van der Waals surface area (Å²) < 4.78 is 13.5. The number of carbonyl (C=O) groups excluding carboxylic acids is 1. The van der Waals surface area contributed by atoms with Gasteiger partial charge in [-0.1, -0.05) is 17.7 Å². The molecule has 2 heterocycles. The molecule has 1 fully saturated rings. The predicted octanol–water partition coefficient (Wildman–Crippen LogP) is 3.82. The number of nitriles is 1. The van der Waals surface area contributed by atoms with Gasteiger partial charge in [0.25, 0.3) is 5.91 Å². The van der Waals surface area contributed by atoms with Gasteiger partial charge in [-0.15, -0.1) is 0 Å². The number of aryl methyl sites for hydroxylation is 2. The zero-order chi connectivity index (χ0) is 20.5. The Morgan fingerprint density at radius 1 is 1.14 bits per heavy atom. The first-order valence-corrected chi connectivity index (χ1v) is 9.58. The van der Waals surface area contributed by atoms with Gasteiger partial charge in [-0.3, -0.25) is 9.78 Å². The van der Waals surface area contributed by atoms with Gasteiger partial charge < -0.3 is 9.80 Å². The summed E-state index contributed by atoms with van der Waals surface area (Å²) in [5, 5.41) is 10.6. The van der Waals surface area contributed by atoms with Crippen LogP contribution in [-0.2, 0) is 0 Å². The Balaban J connectivity index is 1.63. The Morgan fingerprint density at radius 3 is 2.59 bits per heavy atom. The van der Waals surface area contributed by atoms with Gasteiger partial charge in [-0.25, -0.2) is 4.39 Å². The van der Waals surface area contributed by atoms with Crippen molar-refractivity contribution < 1.29 is 9.18 Å². The van der Waals surface area contributed by atoms with Gasteiger partial charge in [0.05, 0.1) is 16.8 Å². The molecule has 3 aromatic rings. The summed E-state index contributed by atoms with van der Waals surface area (Å²) in [5.74, 6) is -0.585. The number of hydrogen-bond donors (Lipinski definition) is 0. The second-order valence-corrected chi connectivity index (χ2v) is 7.40. The van der Waals surface area contributed by atoms with Crippen LogP contribution in [0.25, 0.3) is 10.9 Å². The summed E-state index contributed by atoms with van der Waals surface area (Å²) in [7, 11) is 0. The number of piperazine rings is 1. The van der Waals surface area contributed by atoms with E-state index in [9.17, 15) is 14.4 Å². The molecule has 0 unspecified atom stereocenters. The molecule has 1 saturated heterocycles. The van der Waals surface area contributed by atoms with Crippen LogP contribution in [0.3, 0.4) is 0 Å². The number of benzene rings is 2. The SMILES string of the molecule is Cc1cc(C)c2ncc(C#N)c(N3CCN(C(=O)c4cccc(F)c4)CC3)c2c1. The van der Waals surface area contributed by atoms with E-state index in [4.69, 9.17) is 0 Å². The molecule has 0 aliphatic carbocycles. The van der Waals surface area contributed by atoms with E-state index in [0.717, 1.165) is 27.7 Å². The fourth-order valence-electron chi connectivity index (χ4n) is 4.01. The summed E-state index contributed by atoms with van der Waals surface area (Å²) in [5.41, 5.74) is 4.85. The van der Waals surface area contributed by atoms with Gasteiger partial charge in [0.1, 0.15) is 11.9 Å². The van der Waals surface area contributed by atoms with Crippen LogP contribution in [0, 0.1) is 31.0 Å². The first-order chi connectivity index (χ1) is 14.0. The maximum Gasteiger partial charge on any atom is 0.254 e. The van der Waals surface area contributed by atoms with Gasteiger partial charge in [-0.2, -0.15) is 5.26 Å². The third-order valence-corrected chi connectivity index (χ3v) is 5.35. The molecular formula is C23H21FN4O. The largest absolute Gasteiger partial charge is 0.366 e. The van der Waals surface area contributed by atoms with Crippen molar-refractivity contribution in [3.63, 3.8) is 0 Å². The molecule has 0 saturated carbocycles. The molecule has 146 valence electrons. The van der Waals surface area contributed by atoms with Gasteiger partial charge >= 0.3 is 0 Å². The molecule has 1 aliphatic heterocycles. The lowest BCUT2D eigenvalue weighted by atomic mass is 10.0. The van der Waals surface area contributed by atoms with E-state index in [1.807, 2.05) is 13.8 Å². The number of rotatable bonds is 2. The van der Waals surface area contributed by atoms with Crippen molar-refractivity contribution in [2.75, 3.05) is 31.1 Å². The van der Waals surface area contributed by atoms with Gasteiger partial charge in [0.15, 0.2) is 0 Å². The van der Waals surface area contributed by atoms with Crippen LogP contribution in [0.5, 0.6) is 0 Å². The van der Waals surface area contributed by atoms with Crippen LogP contribution in [0.15, 0.2) is 42.6 Å². The molecule has 0 bridgehead atoms. The smallest absolute Gasteiger partial charge is 0.254 e. The topological polar surface area (TPSA) is 60.2 Å². The fourth-order valence-corrected chi connectivity index (χ4v) is 4.01. The third kappa shape index (κ3) is 3.52. The Hall–Kier alpha value is -3.46. The number of aromatic nitrogens is 1. The molecule has 0 N–H and O–H groups in total. The summed E-state index contributed by atoms with van der Waals surface area (Å²) in [6, 6.07) is 12.2. The van der Waals surface area contributed by atoms with Gasteiger partial charge in [0.2, 0.25) is 0 Å². The molecule has 0 atom stereocenters. The summed E-state index contributed by atoms with van der Waals surface area (Å²) in [6.45, 7) is 6.27. The van der Waals surface area contributed by atoms with E-state index >= 15 is 0 Å². The summed E-state index contributed by atoms with van der Waals surface area (Å²) >= 11 is 0. The molecule has 5 nitrogen and oxygen atoms in total. The average molecular weight is 388 g/mol. The van der Waals surface area contributed by atoms with Gasteiger partial charge in [-0.05, 0) is 43.7 Å². The Morgan fingerprint density at radius 2 is 1.90 bits per heavy atom. The summed E-state index contributed by atoms with van der Waals surface area (Å²) in [4.78, 5) is 21.1. The predicted molar refractivity (Wildman–Crippen MR) is 110 cm³/mol. The lowest BCUT2D eigenvalue weighted by molar-refractivity contribution is 0.0746. The number of nitrogens with zero attached hydrogens (tertiary/aromatic N) is 4. The third-order valence-electron chi connectivity index (χ3n) is 5.35. The van der Waals surface area contributed by atoms with E-state index in [-0.39, 0.29) is 5.91 Å². The second kappa shape index (κ2) is 7.51. The molecule has 2 aromatic carbocycles. The highest BCUT2D eigenvalue weighted by Gasteiger charge is 2.25. The molecule has 1 aromatic heterocycles. The fraction of sp³-hybridized carbons (Fsp3) is 0.261. The number of amides is 1. The van der Waals surface area contributed by atoms with Crippen LogP contribution in [0.1, 0.15) is 27.0 Å². The van der Waals surface area contributed by atoms with E-state index in [1.54, 1.807) is 23.2 Å². The van der Waals surface area contributed by atoms with E-state index in [2.05, 4.69) is 28.1 Å². The molecule has 29 heavy (non-hydrogen) atoms. The van der Waals surface area contributed by atoms with Crippen molar-refractivity contribution in [1.82, 2.24) is 9.88 Å². The first-order valence-electron chi connectivity index (χ1n) is 9.58. The Bertz CT molecular complexity index is 1140. The Kier molecular flexibility index (Phi) is 4.89. The molecule has 0 spiro atoms. The lowest BCUT2D eigenvalue weighted by Crippen LogP contribution is -2.49. The zero-order valence-corrected chi connectivity index (χ0v) is 16.4. The average Bonchev–Trinajstić information content (AvgIpc) is 2.72.